The maximum atomic E-state index is 12.5. The lowest BCUT2D eigenvalue weighted by atomic mass is 10.1. The van der Waals surface area contributed by atoms with Crippen LogP contribution in [0.3, 0.4) is 0 Å². The van der Waals surface area contributed by atoms with Crippen LogP contribution in [0.4, 0.5) is 0 Å². The summed E-state index contributed by atoms with van der Waals surface area (Å²) in [6.45, 7) is 4.23. The Morgan fingerprint density at radius 2 is 2.20 bits per heavy atom. The fourth-order valence-corrected chi connectivity index (χ4v) is 2.60. The highest BCUT2D eigenvalue weighted by Crippen LogP contribution is 2.22. The molecule has 0 fully saturated rings. The van der Waals surface area contributed by atoms with Crippen LogP contribution in [0.5, 0.6) is 5.75 Å². The third-order valence-corrected chi connectivity index (χ3v) is 3.91. The van der Waals surface area contributed by atoms with E-state index in [1.54, 1.807) is 0 Å². The summed E-state index contributed by atoms with van der Waals surface area (Å²) in [5.74, 6) is 0.803. The molecule has 1 heterocycles. The van der Waals surface area contributed by atoms with Gasteiger partial charge in [-0.05, 0) is 38.4 Å². The van der Waals surface area contributed by atoms with E-state index in [0.29, 0.717) is 30.5 Å². The van der Waals surface area contributed by atoms with Crippen LogP contribution in [0, 0.1) is 0 Å². The van der Waals surface area contributed by atoms with E-state index in [9.17, 15) is 4.79 Å². The lowest BCUT2D eigenvalue weighted by Gasteiger charge is -2.21. The summed E-state index contributed by atoms with van der Waals surface area (Å²) in [7, 11) is 2.00. The molecular formula is C16H24N2O2. The van der Waals surface area contributed by atoms with Gasteiger partial charge >= 0.3 is 0 Å². The zero-order valence-electron chi connectivity index (χ0n) is 12.4. The molecule has 0 aliphatic carbocycles. The second-order valence-corrected chi connectivity index (χ2v) is 5.17. The average molecular weight is 276 g/mol. The minimum atomic E-state index is 0.0932. The van der Waals surface area contributed by atoms with E-state index >= 15 is 0 Å². The largest absolute Gasteiger partial charge is 0.491 e. The van der Waals surface area contributed by atoms with Crippen molar-refractivity contribution in [2.45, 2.75) is 32.2 Å². The van der Waals surface area contributed by atoms with Gasteiger partial charge in [0.1, 0.15) is 12.4 Å². The molecule has 1 amide bonds. The van der Waals surface area contributed by atoms with Crippen molar-refractivity contribution in [3.63, 3.8) is 0 Å². The predicted octanol–water partition coefficient (Wildman–Crippen LogP) is 2.30. The molecule has 0 radical (unpaired) electrons. The third-order valence-electron chi connectivity index (χ3n) is 3.91. The summed E-state index contributed by atoms with van der Waals surface area (Å²) in [5.41, 5.74) is 0.686. The van der Waals surface area contributed by atoms with Gasteiger partial charge in [-0.1, -0.05) is 19.1 Å². The van der Waals surface area contributed by atoms with Crippen molar-refractivity contribution in [1.82, 2.24) is 10.2 Å². The van der Waals surface area contributed by atoms with E-state index in [4.69, 9.17) is 4.74 Å². The number of hydrogen-bond donors (Lipinski definition) is 1. The van der Waals surface area contributed by atoms with Crippen LogP contribution in [0.25, 0.3) is 0 Å². The van der Waals surface area contributed by atoms with Crippen molar-refractivity contribution in [3.05, 3.63) is 29.8 Å². The minimum absolute atomic E-state index is 0.0932. The number of hydrogen-bond acceptors (Lipinski definition) is 3. The highest BCUT2D eigenvalue weighted by atomic mass is 16.5. The number of nitrogens with zero attached hydrogens (tertiary/aromatic N) is 1. The lowest BCUT2D eigenvalue weighted by Crippen LogP contribution is -2.34. The topological polar surface area (TPSA) is 41.6 Å². The van der Waals surface area contributed by atoms with Gasteiger partial charge < -0.3 is 15.0 Å². The van der Waals surface area contributed by atoms with Crippen LogP contribution < -0.4 is 10.1 Å². The Bertz CT molecular complexity index is 444. The summed E-state index contributed by atoms with van der Waals surface area (Å²) in [6.07, 6.45) is 3.24. The van der Waals surface area contributed by atoms with Gasteiger partial charge in [0.05, 0.1) is 12.1 Å². The number of carbonyl (C=O) groups excluding carboxylic acids is 1. The molecule has 0 bridgehead atoms. The van der Waals surface area contributed by atoms with Crippen LogP contribution in [-0.2, 0) is 0 Å². The fraction of sp³-hybridized carbons (Fsp3) is 0.562. The predicted molar refractivity (Wildman–Crippen MR) is 80.2 cm³/mol. The third kappa shape index (κ3) is 3.51. The molecule has 4 heteroatoms. The summed E-state index contributed by atoms with van der Waals surface area (Å²) in [6, 6.07) is 8.04. The van der Waals surface area contributed by atoms with Gasteiger partial charge in [-0.2, -0.15) is 0 Å². The van der Waals surface area contributed by atoms with E-state index in [-0.39, 0.29) is 5.91 Å². The monoisotopic (exact) mass is 276 g/mol. The molecule has 1 atom stereocenters. The molecule has 110 valence electrons. The normalized spacial score (nSPS) is 16.3. The molecule has 1 aliphatic rings. The van der Waals surface area contributed by atoms with Gasteiger partial charge in [0, 0.05) is 12.6 Å². The molecule has 0 saturated heterocycles. The van der Waals surface area contributed by atoms with Gasteiger partial charge in [0.15, 0.2) is 0 Å². The summed E-state index contributed by atoms with van der Waals surface area (Å²) >= 11 is 0. The average Bonchev–Trinajstić information content (AvgIpc) is 2.64. The number of rotatable bonds is 6. The maximum absolute atomic E-state index is 12.5. The Balaban J connectivity index is 1.94. The number of carbonyl (C=O) groups is 1. The number of nitrogens with one attached hydrogen (secondary N) is 1. The Kier molecular flexibility index (Phi) is 5.41. The maximum Gasteiger partial charge on any atom is 0.257 e. The first-order valence-corrected chi connectivity index (χ1v) is 7.44. The molecule has 0 aromatic heterocycles. The number of para-hydroxylation sites is 1. The van der Waals surface area contributed by atoms with Crippen LogP contribution in [-0.4, -0.2) is 43.6 Å². The summed E-state index contributed by atoms with van der Waals surface area (Å²) in [5, 5.41) is 3.30. The Morgan fingerprint density at radius 3 is 2.95 bits per heavy atom. The number of amides is 1. The zero-order valence-corrected chi connectivity index (χ0v) is 12.4. The standard InChI is InChI=1S/C16H24N2O2/c1-3-13(17-2)7-6-10-18-11-12-20-15-9-5-4-8-14(15)16(18)19/h4-5,8-9,13,17H,3,6-7,10-12H2,1-2H3. The fourth-order valence-electron chi connectivity index (χ4n) is 2.60. The second kappa shape index (κ2) is 7.29. The lowest BCUT2D eigenvalue weighted by molar-refractivity contribution is 0.0751. The van der Waals surface area contributed by atoms with Gasteiger partial charge in [-0.25, -0.2) is 0 Å². The van der Waals surface area contributed by atoms with E-state index < -0.39 is 0 Å². The first-order valence-electron chi connectivity index (χ1n) is 7.44. The van der Waals surface area contributed by atoms with Crippen molar-refractivity contribution >= 4 is 5.91 Å². The zero-order chi connectivity index (χ0) is 14.4. The van der Waals surface area contributed by atoms with Crippen LogP contribution in [0.15, 0.2) is 24.3 Å². The van der Waals surface area contributed by atoms with Crippen molar-refractivity contribution in [2.75, 3.05) is 26.7 Å². The molecule has 0 saturated carbocycles. The molecular weight excluding hydrogens is 252 g/mol. The molecule has 20 heavy (non-hydrogen) atoms. The van der Waals surface area contributed by atoms with E-state index in [1.807, 2.05) is 36.2 Å². The van der Waals surface area contributed by atoms with Gasteiger partial charge in [-0.15, -0.1) is 0 Å². The van der Waals surface area contributed by atoms with Crippen molar-refractivity contribution in [3.8, 4) is 5.75 Å². The number of ether oxygens (including phenoxy) is 1. The number of fused-ring (bicyclic) bond motifs is 1. The summed E-state index contributed by atoms with van der Waals surface area (Å²) in [4.78, 5) is 14.4. The SMILES string of the molecule is CCC(CCCN1CCOc2ccccc2C1=O)NC. The van der Waals surface area contributed by atoms with Crippen LogP contribution >= 0.6 is 0 Å². The highest BCUT2D eigenvalue weighted by Gasteiger charge is 2.22. The Hall–Kier alpha value is -1.55. The molecule has 1 aromatic carbocycles. The molecule has 1 N–H and O–H groups in total. The van der Waals surface area contributed by atoms with Crippen molar-refractivity contribution in [2.24, 2.45) is 0 Å². The van der Waals surface area contributed by atoms with Gasteiger partial charge in [-0.3, -0.25) is 4.79 Å². The van der Waals surface area contributed by atoms with E-state index in [1.165, 1.54) is 0 Å². The minimum Gasteiger partial charge on any atom is -0.491 e. The number of benzene rings is 1. The summed E-state index contributed by atoms with van der Waals surface area (Å²) < 4.78 is 5.64. The van der Waals surface area contributed by atoms with Crippen molar-refractivity contribution < 1.29 is 9.53 Å². The smallest absolute Gasteiger partial charge is 0.257 e. The molecule has 1 aliphatic heterocycles. The molecule has 0 spiro atoms. The van der Waals surface area contributed by atoms with Crippen LogP contribution in [0.1, 0.15) is 36.5 Å². The van der Waals surface area contributed by atoms with E-state index in [2.05, 4.69) is 12.2 Å². The van der Waals surface area contributed by atoms with Crippen LogP contribution in [0.2, 0.25) is 0 Å². The molecule has 4 nitrogen and oxygen atoms in total. The second-order valence-electron chi connectivity index (χ2n) is 5.17. The molecule has 1 aromatic rings. The first-order chi connectivity index (χ1) is 9.76. The molecule has 1 unspecified atom stereocenters. The Labute approximate surface area is 121 Å². The highest BCUT2D eigenvalue weighted by molar-refractivity contribution is 5.97. The van der Waals surface area contributed by atoms with Gasteiger partial charge in [0.25, 0.3) is 5.91 Å². The molecule has 2 rings (SSSR count). The first kappa shape index (κ1) is 14.9. The van der Waals surface area contributed by atoms with Crippen molar-refractivity contribution in [1.29, 1.82) is 0 Å². The quantitative estimate of drug-likeness (QED) is 0.867. The Morgan fingerprint density at radius 1 is 1.40 bits per heavy atom. The van der Waals surface area contributed by atoms with Gasteiger partial charge in [0.2, 0.25) is 0 Å². The van der Waals surface area contributed by atoms with E-state index in [0.717, 1.165) is 25.8 Å².